The summed E-state index contributed by atoms with van der Waals surface area (Å²) in [6, 6.07) is 12.1. The molecule has 186 valence electrons. The molecule has 35 heavy (non-hydrogen) atoms. The van der Waals surface area contributed by atoms with Gasteiger partial charge in [0.25, 0.3) is 0 Å². The lowest BCUT2D eigenvalue weighted by Gasteiger charge is -2.27. The van der Waals surface area contributed by atoms with Crippen LogP contribution in [-0.2, 0) is 17.3 Å². The standard InChI is InChI=1S/C35H46/c1-23(2)18-25(19-24(3)4)22-35(8,9)28-14-15-29-27(20-28)21-31-30(29)16-17-32(34(5,6)7)33(31)26-12-10-11-13-26/h10-17,20,22-24,26H,18-19,21H2,1-9H3. The third-order valence-electron chi connectivity index (χ3n) is 7.66. The fourth-order valence-corrected chi connectivity index (χ4v) is 6.20. The summed E-state index contributed by atoms with van der Waals surface area (Å²) in [5.41, 5.74) is 12.1. The highest BCUT2D eigenvalue weighted by Crippen LogP contribution is 2.46. The van der Waals surface area contributed by atoms with Crippen LogP contribution in [0.25, 0.3) is 11.1 Å². The molecule has 2 aromatic carbocycles. The normalized spacial score (nSPS) is 15.3. The van der Waals surface area contributed by atoms with E-state index in [1.54, 1.807) is 11.1 Å². The lowest BCUT2D eigenvalue weighted by Crippen LogP contribution is -2.17. The molecule has 4 rings (SSSR count). The number of hydrogen-bond donors (Lipinski definition) is 0. The van der Waals surface area contributed by atoms with Crippen molar-refractivity contribution in [1.29, 1.82) is 0 Å². The molecule has 2 aliphatic carbocycles. The van der Waals surface area contributed by atoms with E-state index in [9.17, 15) is 0 Å². The lowest BCUT2D eigenvalue weighted by molar-refractivity contribution is 0.554. The molecule has 0 spiro atoms. The van der Waals surface area contributed by atoms with Crippen LogP contribution in [0.4, 0.5) is 0 Å². The summed E-state index contributed by atoms with van der Waals surface area (Å²) in [5, 5.41) is 0. The molecular formula is C35H46. The molecule has 0 heteroatoms. The van der Waals surface area contributed by atoms with Crippen molar-refractivity contribution in [1.82, 2.24) is 0 Å². The van der Waals surface area contributed by atoms with E-state index in [-0.39, 0.29) is 10.8 Å². The maximum absolute atomic E-state index is 2.58. The smallest absolute Gasteiger partial charge is 0.0210 e. The van der Waals surface area contributed by atoms with Gasteiger partial charge in [-0.25, -0.2) is 0 Å². The monoisotopic (exact) mass is 466 g/mol. The van der Waals surface area contributed by atoms with Crippen LogP contribution >= 0.6 is 0 Å². The first-order valence-corrected chi connectivity index (χ1v) is 13.7. The van der Waals surface area contributed by atoms with Crippen LogP contribution < -0.4 is 0 Å². The van der Waals surface area contributed by atoms with Gasteiger partial charge in [0.1, 0.15) is 0 Å². The van der Waals surface area contributed by atoms with Crippen LogP contribution in [0.3, 0.4) is 0 Å². The van der Waals surface area contributed by atoms with Gasteiger partial charge in [0, 0.05) is 11.3 Å². The van der Waals surface area contributed by atoms with Gasteiger partial charge >= 0.3 is 0 Å². The summed E-state index contributed by atoms with van der Waals surface area (Å²) in [6.07, 6.45) is 15.1. The minimum absolute atomic E-state index is 0.0270. The minimum atomic E-state index is 0.0270. The maximum Gasteiger partial charge on any atom is 0.0210 e. The largest absolute Gasteiger partial charge is 0.0753 e. The van der Waals surface area contributed by atoms with Crippen molar-refractivity contribution in [3.05, 3.63) is 94.1 Å². The zero-order chi connectivity index (χ0) is 25.5. The fraction of sp³-hybridized carbons (Fsp3) is 0.486. The molecule has 0 aliphatic heterocycles. The van der Waals surface area contributed by atoms with E-state index in [2.05, 4.69) is 123 Å². The van der Waals surface area contributed by atoms with E-state index in [0.29, 0.717) is 17.8 Å². The van der Waals surface area contributed by atoms with Gasteiger partial charge in [-0.2, -0.15) is 0 Å². The van der Waals surface area contributed by atoms with E-state index in [0.717, 1.165) is 6.42 Å². The number of allylic oxidation sites excluding steroid dienone is 6. The van der Waals surface area contributed by atoms with Gasteiger partial charge in [0.15, 0.2) is 0 Å². The van der Waals surface area contributed by atoms with Crippen molar-refractivity contribution in [2.45, 2.75) is 98.3 Å². The number of fused-ring (bicyclic) bond motifs is 3. The van der Waals surface area contributed by atoms with Gasteiger partial charge in [-0.3, -0.25) is 0 Å². The summed E-state index contributed by atoms with van der Waals surface area (Å²) in [6.45, 7) is 21.2. The molecule has 0 bridgehead atoms. The van der Waals surface area contributed by atoms with Crippen LogP contribution in [0.5, 0.6) is 0 Å². The van der Waals surface area contributed by atoms with Gasteiger partial charge in [-0.1, -0.05) is 129 Å². The molecule has 0 unspecified atom stereocenters. The summed E-state index contributed by atoms with van der Waals surface area (Å²) in [5.74, 6) is 1.78. The van der Waals surface area contributed by atoms with E-state index in [4.69, 9.17) is 0 Å². The average molecular weight is 467 g/mol. The van der Waals surface area contributed by atoms with Crippen LogP contribution in [0.15, 0.2) is 66.3 Å². The Kier molecular flexibility index (Phi) is 7.07. The highest BCUT2D eigenvalue weighted by atomic mass is 14.3. The molecule has 0 radical (unpaired) electrons. The van der Waals surface area contributed by atoms with E-state index in [1.807, 2.05) is 0 Å². The summed E-state index contributed by atoms with van der Waals surface area (Å²) >= 11 is 0. The predicted octanol–water partition coefficient (Wildman–Crippen LogP) is 10.1. The summed E-state index contributed by atoms with van der Waals surface area (Å²) in [7, 11) is 0. The number of rotatable bonds is 7. The van der Waals surface area contributed by atoms with Crippen molar-refractivity contribution < 1.29 is 0 Å². The van der Waals surface area contributed by atoms with Crippen LogP contribution in [-0.4, -0.2) is 0 Å². The SMILES string of the molecule is CC(C)CC(=CC(C)(C)c1ccc2c(c1)Cc1c-2ccc(C(C)(C)C)c1C1C=CC=C1)CC(C)C. The first-order chi connectivity index (χ1) is 16.4. The van der Waals surface area contributed by atoms with Gasteiger partial charge in [0.05, 0.1) is 0 Å². The quantitative estimate of drug-likeness (QED) is 0.304. The van der Waals surface area contributed by atoms with Gasteiger partial charge in [-0.05, 0) is 75.5 Å². The van der Waals surface area contributed by atoms with Crippen molar-refractivity contribution in [2.24, 2.45) is 11.8 Å². The Balaban J connectivity index is 1.74. The third-order valence-corrected chi connectivity index (χ3v) is 7.66. The second-order valence-corrected chi connectivity index (χ2v) is 13.4. The van der Waals surface area contributed by atoms with Crippen molar-refractivity contribution in [3.63, 3.8) is 0 Å². The Morgan fingerprint density at radius 2 is 1.46 bits per heavy atom. The topological polar surface area (TPSA) is 0 Å². The molecule has 0 heterocycles. The van der Waals surface area contributed by atoms with Gasteiger partial charge in [0.2, 0.25) is 0 Å². The highest BCUT2D eigenvalue weighted by molar-refractivity contribution is 5.80. The second kappa shape index (κ2) is 9.61. The Morgan fingerprint density at radius 3 is 2.03 bits per heavy atom. The third kappa shape index (κ3) is 5.42. The van der Waals surface area contributed by atoms with E-state index >= 15 is 0 Å². The number of benzene rings is 2. The van der Waals surface area contributed by atoms with E-state index in [1.165, 1.54) is 46.2 Å². The zero-order valence-electron chi connectivity index (χ0n) is 23.6. The lowest BCUT2D eigenvalue weighted by atomic mass is 9.77. The van der Waals surface area contributed by atoms with Crippen LogP contribution in [0.2, 0.25) is 0 Å². The Bertz CT molecular complexity index is 1150. The molecule has 0 amide bonds. The Morgan fingerprint density at radius 1 is 0.857 bits per heavy atom. The molecule has 0 saturated heterocycles. The van der Waals surface area contributed by atoms with Crippen LogP contribution in [0, 0.1) is 11.8 Å². The average Bonchev–Trinajstić information content (AvgIpc) is 3.38. The molecule has 0 saturated carbocycles. The molecule has 2 aliphatic rings. The molecular weight excluding hydrogens is 420 g/mol. The second-order valence-electron chi connectivity index (χ2n) is 13.4. The Hall–Kier alpha value is -2.34. The fourth-order valence-electron chi connectivity index (χ4n) is 6.20. The molecule has 0 fully saturated rings. The maximum atomic E-state index is 2.58. The van der Waals surface area contributed by atoms with Crippen molar-refractivity contribution in [3.8, 4) is 11.1 Å². The van der Waals surface area contributed by atoms with Crippen molar-refractivity contribution in [2.75, 3.05) is 0 Å². The van der Waals surface area contributed by atoms with Crippen molar-refractivity contribution >= 4 is 0 Å². The van der Waals surface area contributed by atoms with Gasteiger partial charge in [-0.15, -0.1) is 0 Å². The predicted molar refractivity (Wildman–Crippen MR) is 154 cm³/mol. The summed E-state index contributed by atoms with van der Waals surface area (Å²) < 4.78 is 0. The minimum Gasteiger partial charge on any atom is -0.0753 e. The molecule has 0 atom stereocenters. The Labute approximate surface area is 215 Å². The highest BCUT2D eigenvalue weighted by Gasteiger charge is 2.31. The summed E-state index contributed by atoms with van der Waals surface area (Å²) in [4.78, 5) is 0. The first kappa shape index (κ1) is 25.7. The first-order valence-electron chi connectivity index (χ1n) is 13.7. The van der Waals surface area contributed by atoms with Gasteiger partial charge < -0.3 is 0 Å². The number of hydrogen-bond acceptors (Lipinski definition) is 0. The molecule has 0 N–H and O–H groups in total. The zero-order valence-corrected chi connectivity index (χ0v) is 23.6. The molecule has 2 aromatic rings. The molecule has 0 aromatic heterocycles. The van der Waals surface area contributed by atoms with E-state index < -0.39 is 0 Å². The van der Waals surface area contributed by atoms with Crippen LogP contribution in [0.1, 0.15) is 109 Å². The molecule has 0 nitrogen and oxygen atoms in total.